The second-order valence-corrected chi connectivity index (χ2v) is 8.75. The number of carbonyl (C=O) groups excluding carboxylic acids is 1. The maximum Gasteiger partial charge on any atom is 0.264 e. The summed E-state index contributed by atoms with van der Waals surface area (Å²) < 4.78 is 6.63. The van der Waals surface area contributed by atoms with Gasteiger partial charge in [0.1, 0.15) is 11.5 Å². The molecule has 5 nitrogen and oxygen atoms in total. The molecule has 0 spiro atoms. The van der Waals surface area contributed by atoms with Crippen LogP contribution in [-0.2, 0) is 30.5 Å². The Balaban J connectivity index is 2.45. The van der Waals surface area contributed by atoms with Gasteiger partial charge in [-0.15, -0.1) is 39.5 Å². The van der Waals surface area contributed by atoms with Crippen LogP contribution in [-0.4, -0.2) is 47.7 Å². The molecule has 1 heterocycles. The number of hydrogen-bond donors (Lipinski definition) is 2. The van der Waals surface area contributed by atoms with Crippen LogP contribution in [0.1, 0.15) is 35.1 Å². The Hall–Kier alpha value is -3.31. The molecule has 1 unspecified atom stereocenters. The Kier molecular flexibility index (Phi) is 10.8. The highest BCUT2D eigenvalue weighted by atomic mass is 16.5. The molecule has 1 aliphatic heterocycles. The van der Waals surface area contributed by atoms with E-state index in [0.717, 1.165) is 35.3 Å². The summed E-state index contributed by atoms with van der Waals surface area (Å²) in [4.78, 5) is 15.7. The number of hydrogen-bond acceptors (Lipinski definition) is 4. The summed E-state index contributed by atoms with van der Waals surface area (Å²) in [6, 6.07) is 0. The van der Waals surface area contributed by atoms with Crippen molar-refractivity contribution in [2.24, 2.45) is 0 Å². The Morgan fingerprint density at radius 3 is 2.09 bits per heavy atom. The van der Waals surface area contributed by atoms with Crippen molar-refractivity contribution in [2.75, 3.05) is 26.2 Å². The second-order valence-electron chi connectivity index (χ2n) is 8.75. The summed E-state index contributed by atoms with van der Waals surface area (Å²) in [6.07, 6.45) is 13.7. The normalized spacial score (nSPS) is 16.5. The number of phenols is 1. The smallest absolute Gasteiger partial charge is 0.264 e. The third kappa shape index (κ3) is 6.43. The minimum atomic E-state index is -1.07. The summed E-state index contributed by atoms with van der Waals surface area (Å²) >= 11 is 0. The first-order valence-corrected chi connectivity index (χ1v) is 12.2. The number of fused-ring (bicyclic) bond motifs is 1. The number of phenolic OH excluding ortho intramolecular Hbond substituents is 1. The summed E-state index contributed by atoms with van der Waals surface area (Å²) in [5.74, 6) is 0.766. The van der Waals surface area contributed by atoms with E-state index in [1.807, 2.05) is 12.2 Å². The minimum Gasteiger partial charge on any atom is -0.507 e. The van der Waals surface area contributed by atoms with Gasteiger partial charge < -0.3 is 15.2 Å². The van der Waals surface area contributed by atoms with Crippen LogP contribution >= 0.6 is 0 Å². The van der Waals surface area contributed by atoms with Crippen molar-refractivity contribution in [3.63, 3.8) is 0 Å². The molecule has 0 radical (unpaired) electrons. The van der Waals surface area contributed by atoms with E-state index in [9.17, 15) is 9.90 Å². The number of aromatic hydroxyl groups is 1. The topological polar surface area (TPSA) is 61.8 Å². The van der Waals surface area contributed by atoms with Gasteiger partial charge in [0.05, 0.1) is 0 Å². The molecule has 1 aromatic rings. The Morgan fingerprint density at radius 1 is 0.914 bits per heavy atom. The average Bonchev–Trinajstić information content (AvgIpc) is 2.84. The zero-order chi connectivity index (χ0) is 25.8. The van der Waals surface area contributed by atoms with Crippen molar-refractivity contribution in [3.05, 3.63) is 98.2 Å². The lowest BCUT2D eigenvalue weighted by molar-refractivity contribution is -0.138. The summed E-state index contributed by atoms with van der Waals surface area (Å²) in [7, 11) is 0. The molecule has 1 atom stereocenters. The van der Waals surface area contributed by atoms with Crippen LogP contribution in [0.25, 0.3) is 0 Å². The lowest BCUT2D eigenvalue weighted by Gasteiger charge is -2.39. The number of nitrogens with zero attached hydrogens (tertiary/aromatic N) is 1. The number of allylic oxidation sites excluding steroid dienone is 3. The number of carbonyl (C=O) groups is 1. The summed E-state index contributed by atoms with van der Waals surface area (Å²) in [5, 5.41) is 14.2. The molecule has 35 heavy (non-hydrogen) atoms. The van der Waals surface area contributed by atoms with Crippen molar-refractivity contribution in [1.29, 1.82) is 0 Å². The van der Waals surface area contributed by atoms with Crippen LogP contribution in [0.5, 0.6) is 11.5 Å². The predicted molar refractivity (Wildman–Crippen MR) is 146 cm³/mol. The number of benzene rings is 1. The van der Waals surface area contributed by atoms with Gasteiger partial charge in [0, 0.05) is 61.3 Å². The Labute approximate surface area is 210 Å². The van der Waals surface area contributed by atoms with Crippen LogP contribution in [0.4, 0.5) is 0 Å². The van der Waals surface area contributed by atoms with Crippen molar-refractivity contribution in [3.8, 4) is 11.5 Å². The second kappa shape index (κ2) is 13.5. The van der Waals surface area contributed by atoms with Crippen molar-refractivity contribution in [2.45, 2.75) is 44.1 Å². The molecule has 5 heteroatoms. The lowest BCUT2D eigenvalue weighted by atomic mass is 9.81. The van der Waals surface area contributed by atoms with Crippen LogP contribution < -0.4 is 10.1 Å². The zero-order valence-electron chi connectivity index (χ0n) is 21.0. The van der Waals surface area contributed by atoms with E-state index in [4.69, 9.17) is 4.74 Å². The monoisotopic (exact) mass is 476 g/mol. The molecule has 0 fully saturated rings. The highest BCUT2D eigenvalue weighted by molar-refractivity contribution is 5.86. The predicted octanol–water partition coefficient (Wildman–Crippen LogP) is 5.01. The molecule has 2 N–H and O–H groups in total. The molecule has 1 amide bonds. The highest BCUT2D eigenvalue weighted by Gasteiger charge is 2.44. The fourth-order valence-corrected chi connectivity index (χ4v) is 4.71. The summed E-state index contributed by atoms with van der Waals surface area (Å²) in [5.41, 5.74) is 2.28. The third-order valence-corrected chi connectivity index (χ3v) is 6.35. The number of amides is 1. The molecule has 1 aliphatic rings. The van der Waals surface area contributed by atoms with E-state index in [1.165, 1.54) is 0 Å². The SMILES string of the molecule is C=CCc1c(O)c(CC=C)c2c(c1CC=C)OC(CC=C)(C(=O)NCCN(CC=C)CC=C)CC2. The van der Waals surface area contributed by atoms with Crippen molar-refractivity contribution >= 4 is 5.91 Å². The molecule has 1 aromatic carbocycles. The van der Waals surface area contributed by atoms with Gasteiger partial charge in [-0.3, -0.25) is 9.69 Å². The maximum atomic E-state index is 13.5. The van der Waals surface area contributed by atoms with Crippen LogP contribution in [0.15, 0.2) is 75.9 Å². The fourth-order valence-electron chi connectivity index (χ4n) is 4.71. The molecule has 0 saturated carbocycles. The molecular weight excluding hydrogens is 436 g/mol. The van der Waals surface area contributed by atoms with Gasteiger partial charge in [0.25, 0.3) is 5.91 Å². The minimum absolute atomic E-state index is 0.159. The van der Waals surface area contributed by atoms with E-state index in [0.29, 0.717) is 57.4 Å². The zero-order valence-corrected chi connectivity index (χ0v) is 21.0. The van der Waals surface area contributed by atoms with Crippen LogP contribution in [0.3, 0.4) is 0 Å². The molecule has 0 aliphatic carbocycles. The quantitative estimate of drug-likeness (QED) is 0.329. The standard InChI is InChI=1S/C30H40N2O3/c1-7-13-23-25(15-9-3)28-26(24(14-8-2)27(23)33)16-18-30(35-28,17-10-4)29(34)31-19-22-32(20-11-5)21-12-6/h7-12,33H,1-6,13-22H2,(H,31,34). The van der Waals surface area contributed by atoms with Gasteiger partial charge in [-0.1, -0.05) is 36.5 Å². The molecule has 0 saturated heterocycles. The highest BCUT2D eigenvalue weighted by Crippen LogP contribution is 2.46. The van der Waals surface area contributed by atoms with Gasteiger partial charge in [-0.05, 0) is 25.7 Å². The van der Waals surface area contributed by atoms with E-state index >= 15 is 0 Å². The van der Waals surface area contributed by atoms with Gasteiger partial charge in [-0.25, -0.2) is 0 Å². The summed E-state index contributed by atoms with van der Waals surface area (Å²) in [6.45, 7) is 25.7. The van der Waals surface area contributed by atoms with Crippen LogP contribution in [0.2, 0.25) is 0 Å². The third-order valence-electron chi connectivity index (χ3n) is 6.35. The van der Waals surface area contributed by atoms with Gasteiger partial charge >= 0.3 is 0 Å². The van der Waals surface area contributed by atoms with E-state index in [-0.39, 0.29) is 11.7 Å². The van der Waals surface area contributed by atoms with Gasteiger partial charge in [-0.2, -0.15) is 0 Å². The molecule has 188 valence electrons. The molecular formula is C30H40N2O3. The van der Waals surface area contributed by atoms with Gasteiger partial charge in [0.15, 0.2) is 5.60 Å². The first-order valence-electron chi connectivity index (χ1n) is 12.2. The van der Waals surface area contributed by atoms with E-state index in [2.05, 4.69) is 49.7 Å². The van der Waals surface area contributed by atoms with E-state index in [1.54, 1.807) is 24.3 Å². The molecule has 0 aromatic heterocycles. The first-order chi connectivity index (χ1) is 16.9. The van der Waals surface area contributed by atoms with Gasteiger partial charge in [0.2, 0.25) is 0 Å². The Morgan fingerprint density at radius 2 is 1.51 bits per heavy atom. The van der Waals surface area contributed by atoms with Crippen molar-refractivity contribution in [1.82, 2.24) is 10.2 Å². The first kappa shape index (κ1) is 27.9. The number of rotatable bonds is 16. The fraction of sp³-hybridized carbons (Fsp3) is 0.367. The van der Waals surface area contributed by atoms with E-state index < -0.39 is 5.60 Å². The van der Waals surface area contributed by atoms with Crippen LogP contribution in [0, 0.1) is 0 Å². The van der Waals surface area contributed by atoms with Crippen molar-refractivity contribution < 1.29 is 14.6 Å². The average molecular weight is 477 g/mol. The largest absolute Gasteiger partial charge is 0.507 e. The molecule has 0 bridgehead atoms. The number of nitrogens with one attached hydrogen (secondary N) is 1. The maximum absolute atomic E-state index is 13.5. The molecule has 2 rings (SSSR count). The Bertz CT molecular complexity index is 969. The lowest BCUT2D eigenvalue weighted by Crippen LogP contribution is -2.54. The number of ether oxygens (including phenoxy) is 1.